The van der Waals surface area contributed by atoms with Gasteiger partial charge in [-0.3, -0.25) is 0 Å². The van der Waals surface area contributed by atoms with Crippen molar-refractivity contribution in [2.24, 2.45) is 0 Å². The smallest absolute Gasteiger partial charge is 0.131 e. The van der Waals surface area contributed by atoms with E-state index in [1.54, 1.807) is 22.1 Å². The zero-order chi connectivity index (χ0) is 14.8. The zero-order valence-electron chi connectivity index (χ0n) is 12.7. The standard InChI is InChI=1S/C14H26N2S4/c1-4-5-6-7-8-9-10-11-14(2,3)20-19-13-16-15-12(17)18-13/h4-11H2,1-3H3,(H,15,17). The van der Waals surface area contributed by atoms with Crippen LogP contribution in [0.25, 0.3) is 0 Å². The molecular weight excluding hydrogens is 324 g/mol. The van der Waals surface area contributed by atoms with Gasteiger partial charge in [0.15, 0.2) is 8.68 Å². The highest BCUT2D eigenvalue weighted by Crippen LogP contribution is 2.44. The molecule has 0 atom stereocenters. The van der Waals surface area contributed by atoms with Gasteiger partial charge in [0.25, 0.3) is 0 Å². The fourth-order valence-corrected chi connectivity index (χ4v) is 5.57. The van der Waals surface area contributed by atoms with Crippen LogP contribution in [-0.4, -0.2) is 14.9 Å². The molecule has 0 fully saturated rings. The summed E-state index contributed by atoms with van der Waals surface area (Å²) in [6, 6.07) is 0. The second kappa shape index (κ2) is 10.4. The van der Waals surface area contributed by atoms with Crippen molar-refractivity contribution in [1.29, 1.82) is 0 Å². The number of hydrogen-bond donors (Lipinski definition) is 1. The van der Waals surface area contributed by atoms with Crippen LogP contribution in [0.2, 0.25) is 0 Å². The van der Waals surface area contributed by atoms with Gasteiger partial charge in [-0.15, -0.1) is 22.8 Å². The van der Waals surface area contributed by atoms with E-state index in [0.29, 0.717) is 4.75 Å². The van der Waals surface area contributed by atoms with Gasteiger partial charge in [-0.2, -0.15) is 0 Å². The van der Waals surface area contributed by atoms with Crippen molar-refractivity contribution in [2.45, 2.75) is 85.6 Å². The van der Waals surface area contributed by atoms with Crippen molar-refractivity contribution in [2.75, 3.05) is 0 Å². The normalized spacial score (nSPS) is 12.0. The number of hydrogen-bond acceptors (Lipinski definition) is 6. The molecular formula is C14H26N2S4. The maximum Gasteiger partial charge on any atom is 0.185 e. The lowest BCUT2D eigenvalue weighted by Gasteiger charge is -2.22. The molecule has 1 aromatic heterocycles. The SMILES string of the molecule is CCCCCCCCCC(C)(C)SSc1nnc(S)s1. The molecule has 1 heterocycles. The van der Waals surface area contributed by atoms with Crippen LogP contribution in [-0.2, 0) is 0 Å². The third-order valence-corrected chi connectivity index (χ3v) is 7.86. The molecule has 0 aliphatic rings. The van der Waals surface area contributed by atoms with Crippen LogP contribution in [0.5, 0.6) is 0 Å². The summed E-state index contributed by atoms with van der Waals surface area (Å²) in [6.45, 7) is 6.92. The Morgan fingerprint density at radius 2 is 1.70 bits per heavy atom. The van der Waals surface area contributed by atoms with Gasteiger partial charge in [-0.05, 0) is 31.1 Å². The summed E-state index contributed by atoms with van der Waals surface area (Å²) in [5, 5.41) is 8.02. The van der Waals surface area contributed by atoms with Crippen LogP contribution in [0.15, 0.2) is 8.68 Å². The van der Waals surface area contributed by atoms with Crippen molar-refractivity contribution in [1.82, 2.24) is 10.2 Å². The van der Waals surface area contributed by atoms with Crippen LogP contribution >= 0.6 is 45.6 Å². The lowest BCUT2D eigenvalue weighted by atomic mass is 10.0. The first kappa shape index (κ1) is 18.7. The average Bonchev–Trinajstić information content (AvgIpc) is 2.81. The van der Waals surface area contributed by atoms with E-state index in [0.717, 1.165) is 8.68 Å². The van der Waals surface area contributed by atoms with E-state index in [9.17, 15) is 0 Å². The fraction of sp³-hybridized carbons (Fsp3) is 0.857. The summed E-state index contributed by atoms with van der Waals surface area (Å²) in [5.74, 6) is 0. The van der Waals surface area contributed by atoms with Gasteiger partial charge >= 0.3 is 0 Å². The Morgan fingerprint density at radius 3 is 2.30 bits per heavy atom. The maximum atomic E-state index is 4.20. The molecule has 0 unspecified atom stereocenters. The van der Waals surface area contributed by atoms with E-state index in [4.69, 9.17) is 0 Å². The zero-order valence-corrected chi connectivity index (χ0v) is 16.1. The minimum absolute atomic E-state index is 0.302. The van der Waals surface area contributed by atoms with Crippen molar-refractivity contribution in [3.8, 4) is 0 Å². The van der Waals surface area contributed by atoms with Crippen molar-refractivity contribution >= 4 is 45.6 Å². The fourth-order valence-electron chi connectivity index (χ4n) is 1.93. The number of nitrogens with zero attached hydrogens (tertiary/aromatic N) is 2. The largest absolute Gasteiger partial charge is 0.185 e. The van der Waals surface area contributed by atoms with Crippen LogP contribution < -0.4 is 0 Å². The van der Waals surface area contributed by atoms with E-state index < -0.39 is 0 Å². The van der Waals surface area contributed by atoms with Crippen LogP contribution in [0.3, 0.4) is 0 Å². The van der Waals surface area contributed by atoms with Gasteiger partial charge < -0.3 is 0 Å². The molecule has 0 aliphatic carbocycles. The number of thiol groups is 1. The van der Waals surface area contributed by atoms with Gasteiger partial charge in [-0.1, -0.05) is 74.0 Å². The Morgan fingerprint density at radius 1 is 1.05 bits per heavy atom. The predicted octanol–water partition coefficient (Wildman–Crippen LogP) is 6.49. The van der Waals surface area contributed by atoms with Gasteiger partial charge in [0, 0.05) is 4.75 Å². The van der Waals surface area contributed by atoms with Crippen molar-refractivity contribution in [3.63, 3.8) is 0 Å². The van der Waals surface area contributed by atoms with Crippen LogP contribution in [0.1, 0.15) is 72.1 Å². The van der Waals surface area contributed by atoms with E-state index >= 15 is 0 Å². The van der Waals surface area contributed by atoms with Crippen LogP contribution in [0.4, 0.5) is 0 Å². The Labute approximate surface area is 141 Å². The first-order valence-electron chi connectivity index (χ1n) is 7.41. The highest BCUT2D eigenvalue weighted by molar-refractivity contribution is 8.77. The molecule has 20 heavy (non-hydrogen) atoms. The highest BCUT2D eigenvalue weighted by atomic mass is 33.1. The molecule has 0 N–H and O–H groups in total. The Kier molecular flexibility index (Phi) is 9.66. The average molecular weight is 351 g/mol. The molecule has 6 heteroatoms. The molecule has 2 nitrogen and oxygen atoms in total. The molecule has 0 aliphatic heterocycles. The maximum absolute atomic E-state index is 4.20. The lowest BCUT2D eigenvalue weighted by Crippen LogP contribution is -2.12. The second-order valence-corrected chi connectivity index (χ2v) is 10.4. The summed E-state index contributed by atoms with van der Waals surface area (Å²) in [5.41, 5.74) is 0. The Balaban J connectivity index is 2.08. The predicted molar refractivity (Wildman–Crippen MR) is 97.3 cm³/mol. The van der Waals surface area contributed by atoms with Gasteiger partial charge in [0.05, 0.1) is 0 Å². The van der Waals surface area contributed by atoms with Gasteiger partial charge in [0.2, 0.25) is 0 Å². The molecule has 0 aromatic carbocycles. The molecule has 0 bridgehead atoms. The number of rotatable bonds is 11. The topological polar surface area (TPSA) is 25.8 Å². The Bertz CT molecular complexity index is 366. The van der Waals surface area contributed by atoms with Gasteiger partial charge in [0.1, 0.15) is 0 Å². The lowest BCUT2D eigenvalue weighted by molar-refractivity contribution is 0.538. The van der Waals surface area contributed by atoms with E-state index in [1.165, 1.54) is 51.4 Å². The molecule has 1 rings (SSSR count). The summed E-state index contributed by atoms with van der Waals surface area (Å²) < 4.78 is 2.06. The molecule has 1 aromatic rings. The Hall–Kier alpha value is 0.610. The molecule has 0 spiro atoms. The molecule has 116 valence electrons. The monoisotopic (exact) mass is 350 g/mol. The molecule has 0 radical (unpaired) electrons. The van der Waals surface area contributed by atoms with Crippen molar-refractivity contribution in [3.05, 3.63) is 0 Å². The summed E-state index contributed by atoms with van der Waals surface area (Å²) >= 11 is 5.75. The summed E-state index contributed by atoms with van der Waals surface area (Å²) in [6.07, 6.45) is 10.9. The molecule has 0 saturated carbocycles. The molecule has 0 amide bonds. The van der Waals surface area contributed by atoms with Crippen molar-refractivity contribution < 1.29 is 0 Å². The number of unbranched alkanes of at least 4 members (excludes halogenated alkanes) is 6. The second-order valence-electron chi connectivity index (χ2n) is 5.65. The third-order valence-electron chi connectivity index (χ3n) is 3.12. The first-order chi connectivity index (χ1) is 9.53. The molecule has 0 saturated heterocycles. The minimum atomic E-state index is 0.302. The summed E-state index contributed by atoms with van der Waals surface area (Å²) in [7, 11) is 3.64. The van der Waals surface area contributed by atoms with Gasteiger partial charge in [-0.25, -0.2) is 0 Å². The van der Waals surface area contributed by atoms with Crippen LogP contribution in [0, 0.1) is 0 Å². The van der Waals surface area contributed by atoms with E-state index in [2.05, 4.69) is 43.6 Å². The third kappa shape index (κ3) is 8.80. The van der Waals surface area contributed by atoms with E-state index in [1.807, 2.05) is 10.8 Å². The quantitative estimate of drug-likeness (QED) is 0.280. The number of aromatic nitrogens is 2. The first-order valence-corrected chi connectivity index (χ1v) is 10.8. The minimum Gasteiger partial charge on any atom is -0.131 e. The summed E-state index contributed by atoms with van der Waals surface area (Å²) in [4.78, 5) is 0. The van der Waals surface area contributed by atoms with E-state index in [-0.39, 0.29) is 0 Å². The highest BCUT2D eigenvalue weighted by Gasteiger charge is 2.19.